The number of hydrogen-bond acceptors (Lipinski definition) is 6. The zero-order chi connectivity index (χ0) is 62.7. The van der Waals surface area contributed by atoms with Gasteiger partial charge >= 0.3 is 0 Å². The van der Waals surface area contributed by atoms with Gasteiger partial charge in [-0.15, -0.1) is 11.3 Å². The first-order valence-electron chi connectivity index (χ1n) is 32.3. The Morgan fingerprint density at radius 3 is 1.48 bits per heavy atom. The number of nitrogens with zero attached hydrogens (tertiary/aromatic N) is 4. The smallest absolute Gasteiger partial charge is 0.252 e. The summed E-state index contributed by atoms with van der Waals surface area (Å²) in [5.41, 5.74) is 25.3. The van der Waals surface area contributed by atoms with Gasteiger partial charge in [-0.25, -0.2) is 0 Å². The molecule has 17 rings (SSSR count). The molecule has 446 valence electrons. The van der Waals surface area contributed by atoms with Crippen LogP contribution in [0.5, 0.6) is 0 Å². The highest BCUT2D eigenvalue weighted by molar-refractivity contribution is 7.26. The van der Waals surface area contributed by atoms with Crippen molar-refractivity contribution in [3.63, 3.8) is 0 Å². The lowest BCUT2D eigenvalue weighted by molar-refractivity contribution is 0.590. The summed E-state index contributed by atoms with van der Waals surface area (Å²) in [6.45, 7) is 13.6. The molecule has 2 aliphatic heterocycles. The van der Waals surface area contributed by atoms with Gasteiger partial charge in [0.2, 0.25) is 0 Å². The zero-order valence-electron chi connectivity index (χ0n) is 53.0. The average Bonchev–Trinajstić information content (AvgIpc) is 1.20. The third-order valence-corrected chi connectivity index (χ3v) is 20.3. The molecule has 15 aromatic rings. The van der Waals surface area contributed by atoms with Gasteiger partial charge in [-0.1, -0.05) is 224 Å². The van der Waals surface area contributed by atoms with Crippen LogP contribution in [-0.4, -0.2) is 6.71 Å². The number of thiophene rings is 1. The van der Waals surface area contributed by atoms with Crippen molar-refractivity contribution in [3.8, 4) is 22.3 Å². The fourth-order valence-corrected chi connectivity index (χ4v) is 15.6. The van der Waals surface area contributed by atoms with Crippen LogP contribution in [0.2, 0.25) is 0 Å². The van der Waals surface area contributed by atoms with Crippen molar-refractivity contribution in [2.24, 2.45) is 0 Å². The number of furan rings is 1. The SMILES string of the molecule is CC(C)(C)c1ccc(N2c3cc(N(c4cccc(-c5ccccc5)c4)c4cccc5c4oc4ccccc45)ccc3B3c4cc5sc6ccccc6c5cc4N(c4ccc(C(C)(C)C)cc4)c4cc(N(c5ccccc5)c5ccc(-c6ccccc6)cc5)cc2c43)cc1. The summed E-state index contributed by atoms with van der Waals surface area (Å²) in [6, 6.07) is 110. The molecule has 0 radical (unpaired) electrons. The Bertz CT molecular complexity index is 5360. The quantitative estimate of drug-likeness (QED) is 0.127. The van der Waals surface area contributed by atoms with Crippen LogP contribution in [0.15, 0.2) is 302 Å². The van der Waals surface area contributed by atoms with E-state index in [4.69, 9.17) is 4.42 Å². The summed E-state index contributed by atoms with van der Waals surface area (Å²) in [5.74, 6) is 0. The lowest BCUT2D eigenvalue weighted by Gasteiger charge is -2.45. The highest BCUT2D eigenvalue weighted by atomic mass is 32.1. The van der Waals surface area contributed by atoms with Crippen LogP contribution < -0.4 is 36.0 Å². The molecule has 4 heterocycles. The predicted octanol–water partition coefficient (Wildman–Crippen LogP) is 22.9. The molecule has 0 spiro atoms. The lowest BCUT2D eigenvalue weighted by atomic mass is 9.33. The van der Waals surface area contributed by atoms with Gasteiger partial charge in [0, 0.05) is 87.8 Å². The molecule has 0 N–H and O–H groups in total. The summed E-state index contributed by atoms with van der Waals surface area (Å²) in [5, 5.41) is 4.69. The van der Waals surface area contributed by atoms with Gasteiger partial charge in [0.1, 0.15) is 5.58 Å². The molecule has 0 saturated heterocycles. The predicted molar refractivity (Wildman–Crippen MR) is 398 cm³/mol. The van der Waals surface area contributed by atoms with E-state index in [1.807, 2.05) is 11.3 Å². The largest absolute Gasteiger partial charge is 0.454 e. The maximum absolute atomic E-state index is 7.01. The van der Waals surface area contributed by atoms with Crippen LogP contribution in [0, 0.1) is 0 Å². The molecule has 2 aliphatic rings. The van der Waals surface area contributed by atoms with Gasteiger partial charge in [-0.2, -0.15) is 0 Å². The van der Waals surface area contributed by atoms with E-state index in [1.54, 1.807) is 0 Å². The van der Waals surface area contributed by atoms with Crippen molar-refractivity contribution >= 4 is 145 Å². The molecular weight excluding hydrogens is 1150 g/mol. The minimum atomic E-state index is -0.183. The summed E-state index contributed by atoms with van der Waals surface area (Å²) in [6.07, 6.45) is 0. The van der Waals surface area contributed by atoms with Gasteiger partial charge in [0.05, 0.1) is 11.4 Å². The Balaban J connectivity index is 0.979. The minimum absolute atomic E-state index is 0.0407. The van der Waals surface area contributed by atoms with Crippen LogP contribution in [0.25, 0.3) is 64.4 Å². The number of rotatable bonds is 10. The van der Waals surface area contributed by atoms with E-state index in [0.717, 1.165) is 95.6 Å². The molecule has 13 aromatic carbocycles. The molecule has 93 heavy (non-hydrogen) atoms. The zero-order valence-corrected chi connectivity index (χ0v) is 53.8. The average molecular weight is 1220 g/mol. The van der Waals surface area contributed by atoms with Crippen molar-refractivity contribution < 1.29 is 4.42 Å². The summed E-state index contributed by atoms with van der Waals surface area (Å²) < 4.78 is 9.56. The maximum Gasteiger partial charge on any atom is 0.252 e. The summed E-state index contributed by atoms with van der Waals surface area (Å²) >= 11 is 1.89. The Morgan fingerprint density at radius 2 is 0.828 bits per heavy atom. The van der Waals surface area contributed by atoms with Gasteiger partial charge in [-0.05, 0) is 176 Å². The van der Waals surface area contributed by atoms with E-state index >= 15 is 0 Å². The Labute approximate surface area is 548 Å². The first kappa shape index (κ1) is 56.2. The van der Waals surface area contributed by atoms with Crippen LogP contribution in [-0.2, 0) is 10.8 Å². The fourth-order valence-electron chi connectivity index (χ4n) is 14.5. The molecule has 5 nitrogen and oxygen atoms in total. The van der Waals surface area contributed by atoms with E-state index in [1.165, 1.54) is 64.5 Å². The van der Waals surface area contributed by atoms with Crippen molar-refractivity contribution in [2.45, 2.75) is 52.4 Å². The van der Waals surface area contributed by atoms with Crippen LogP contribution >= 0.6 is 11.3 Å². The second-order valence-corrected chi connectivity index (χ2v) is 28.0. The molecule has 0 saturated carbocycles. The number of fused-ring (bicyclic) bond motifs is 10. The van der Waals surface area contributed by atoms with E-state index in [9.17, 15) is 0 Å². The molecule has 7 heteroatoms. The summed E-state index contributed by atoms with van der Waals surface area (Å²) in [4.78, 5) is 10.0. The second-order valence-electron chi connectivity index (χ2n) is 26.9. The third kappa shape index (κ3) is 9.60. The monoisotopic (exact) mass is 1210 g/mol. The first-order chi connectivity index (χ1) is 45.4. The highest BCUT2D eigenvalue weighted by Gasteiger charge is 2.45. The maximum atomic E-state index is 7.01. The molecule has 0 amide bonds. The number of para-hydroxylation sites is 3. The molecular formula is C86H67BN4OS. The molecule has 0 aliphatic carbocycles. The van der Waals surface area contributed by atoms with Gasteiger partial charge in [0.25, 0.3) is 6.71 Å². The van der Waals surface area contributed by atoms with Crippen LogP contribution in [0.3, 0.4) is 0 Å². The van der Waals surface area contributed by atoms with Crippen molar-refractivity contribution in [1.82, 2.24) is 0 Å². The number of anilines is 12. The van der Waals surface area contributed by atoms with Crippen molar-refractivity contribution in [1.29, 1.82) is 0 Å². The standard InChI is InChI=1S/C86H67BN4OS/c1-85(2,3)60-38-44-64(45-39-60)90-76-51-67(89(66-29-20-26-59(50-66)57-24-12-8-13-25-57)75-33-21-32-71-69-30-16-18-34-80(69)92-84(71)75)48-49-73(76)87-74-55-82-72(70-31-17-19-35-81(70)93-82)54-77(74)91(65-46-40-61(41-47-65)86(4,5)6)79-53-68(52-78(90)83(79)87)88(62-27-14-9-15-28-62)63-42-36-58(37-43-63)56-22-10-7-11-23-56/h7-55H,1-6H3. The summed E-state index contributed by atoms with van der Waals surface area (Å²) in [7, 11) is 0. The molecule has 2 aromatic heterocycles. The number of hydrogen-bond donors (Lipinski definition) is 0. The molecule has 0 fully saturated rings. The topological polar surface area (TPSA) is 26.1 Å². The van der Waals surface area contributed by atoms with Crippen LogP contribution in [0.1, 0.15) is 52.7 Å². The van der Waals surface area contributed by atoms with E-state index < -0.39 is 0 Å². The molecule has 0 unspecified atom stereocenters. The Morgan fingerprint density at radius 1 is 0.333 bits per heavy atom. The van der Waals surface area contributed by atoms with E-state index in [-0.39, 0.29) is 17.5 Å². The molecule has 0 bridgehead atoms. The normalized spacial score (nSPS) is 12.8. The van der Waals surface area contributed by atoms with E-state index in [0.29, 0.717) is 0 Å². The van der Waals surface area contributed by atoms with Gasteiger partial charge in [-0.3, -0.25) is 0 Å². The van der Waals surface area contributed by atoms with Gasteiger partial charge in [0.15, 0.2) is 5.58 Å². The fraction of sp³-hybridized carbons (Fsp3) is 0.0930. The third-order valence-electron chi connectivity index (χ3n) is 19.1. The number of benzene rings is 13. The van der Waals surface area contributed by atoms with E-state index in [2.05, 4.69) is 358 Å². The van der Waals surface area contributed by atoms with Crippen molar-refractivity contribution in [2.75, 3.05) is 19.6 Å². The Hall–Kier alpha value is -10.9. The second kappa shape index (κ2) is 21.9. The first-order valence-corrected chi connectivity index (χ1v) is 33.1. The minimum Gasteiger partial charge on any atom is -0.454 e. The van der Waals surface area contributed by atoms with Crippen LogP contribution in [0.4, 0.5) is 68.2 Å². The highest BCUT2D eigenvalue weighted by Crippen LogP contribution is 2.52. The van der Waals surface area contributed by atoms with Crippen molar-refractivity contribution in [3.05, 3.63) is 308 Å². The molecule has 0 atom stereocenters. The lowest BCUT2D eigenvalue weighted by Crippen LogP contribution is -2.61. The van der Waals surface area contributed by atoms with Gasteiger partial charge < -0.3 is 24.0 Å². The Kier molecular flexibility index (Phi) is 13.2.